The van der Waals surface area contributed by atoms with Crippen LogP contribution in [0.25, 0.3) is 0 Å². The molecule has 2 atom stereocenters. The number of nitrogens with one attached hydrogen (secondary N) is 1. The van der Waals surface area contributed by atoms with Crippen LogP contribution in [0, 0.1) is 5.41 Å². The van der Waals surface area contributed by atoms with Gasteiger partial charge in [-0.2, -0.15) is 0 Å². The molecule has 82 valence electrons. The quantitative estimate of drug-likeness (QED) is 0.795. The van der Waals surface area contributed by atoms with Gasteiger partial charge in [0.25, 0.3) is 0 Å². The molecule has 0 aromatic heterocycles. The van der Waals surface area contributed by atoms with Gasteiger partial charge in [-0.3, -0.25) is 0 Å². The highest BCUT2D eigenvalue weighted by molar-refractivity contribution is 5.27. The smallest absolute Gasteiger partial charge is 0.0143 e. The fourth-order valence-electron chi connectivity index (χ4n) is 1.93. The van der Waals surface area contributed by atoms with Crippen molar-refractivity contribution in [1.29, 1.82) is 0 Å². The second-order valence-electron chi connectivity index (χ2n) is 5.80. The van der Waals surface area contributed by atoms with E-state index >= 15 is 0 Å². The molecule has 1 aromatic rings. The Morgan fingerprint density at radius 2 is 1.87 bits per heavy atom. The lowest BCUT2D eigenvalue weighted by Gasteiger charge is -2.18. The first-order chi connectivity index (χ1) is 7.06. The zero-order chi connectivity index (χ0) is 10.9. The van der Waals surface area contributed by atoms with Crippen molar-refractivity contribution in [3.05, 3.63) is 35.9 Å². The van der Waals surface area contributed by atoms with Crippen LogP contribution in [-0.4, -0.2) is 12.6 Å². The molecule has 0 aliphatic heterocycles. The van der Waals surface area contributed by atoms with Gasteiger partial charge in [0.1, 0.15) is 0 Å². The highest BCUT2D eigenvalue weighted by Crippen LogP contribution is 2.40. The SMILES string of the molecule is CC(C)(C)CNC1CC1c1ccccc1. The van der Waals surface area contributed by atoms with Crippen LogP contribution in [0.5, 0.6) is 0 Å². The summed E-state index contributed by atoms with van der Waals surface area (Å²) in [6.45, 7) is 7.95. The van der Waals surface area contributed by atoms with Crippen LogP contribution in [0.4, 0.5) is 0 Å². The van der Waals surface area contributed by atoms with Crippen molar-refractivity contribution in [2.75, 3.05) is 6.54 Å². The molecule has 15 heavy (non-hydrogen) atoms. The maximum absolute atomic E-state index is 3.65. The average Bonchev–Trinajstić information content (AvgIpc) is 2.94. The fourth-order valence-corrected chi connectivity index (χ4v) is 1.93. The first-order valence-electron chi connectivity index (χ1n) is 5.84. The first kappa shape index (κ1) is 10.7. The molecule has 1 saturated carbocycles. The molecule has 0 amide bonds. The second-order valence-corrected chi connectivity index (χ2v) is 5.80. The highest BCUT2D eigenvalue weighted by Gasteiger charge is 2.38. The van der Waals surface area contributed by atoms with E-state index in [-0.39, 0.29) is 0 Å². The van der Waals surface area contributed by atoms with E-state index < -0.39 is 0 Å². The highest BCUT2D eigenvalue weighted by atomic mass is 15.0. The molecule has 1 fully saturated rings. The summed E-state index contributed by atoms with van der Waals surface area (Å²) in [6.07, 6.45) is 1.31. The molecule has 0 saturated heterocycles. The summed E-state index contributed by atoms with van der Waals surface area (Å²) >= 11 is 0. The Morgan fingerprint density at radius 1 is 1.20 bits per heavy atom. The lowest BCUT2D eigenvalue weighted by Crippen LogP contribution is -2.29. The molecule has 1 aliphatic rings. The molecule has 0 spiro atoms. The van der Waals surface area contributed by atoms with Crippen molar-refractivity contribution in [2.24, 2.45) is 5.41 Å². The van der Waals surface area contributed by atoms with E-state index in [0.717, 1.165) is 12.5 Å². The maximum atomic E-state index is 3.65. The van der Waals surface area contributed by atoms with Crippen LogP contribution in [0.1, 0.15) is 38.7 Å². The summed E-state index contributed by atoms with van der Waals surface area (Å²) in [7, 11) is 0. The molecule has 2 unspecified atom stereocenters. The minimum atomic E-state index is 0.393. The van der Waals surface area contributed by atoms with Crippen molar-refractivity contribution in [2.45, 2.75) is 39.2 Å². The van der Waals surface area contributed by atoms with Gasteiger partial charge in [0.15, 0.2) is 0 Å². The standard InChI is InChI=1S/C14H21N/c1-14(2,3)10-15-13-9-12(13)11-7-5-4-6-8-11/h4-8,12-13,15H,9-10H2,1-3H3. The monoisotopic (exact) mass is 203 g/mol. The van der Waals surface area contributed by atoms with Crippen LogP contribution in [0.3, 0.4) is 0 Å². The zero-order valence-electron chi connectivity index (χ0n) is 9.96. The second kappa shape index (κ2) is 3.97. The van der Waals surface area contributed by atoms with E-state index in [1.807, 2.05) is 0 Å². The molecular weight excluding hydrogens is 182 g/mol. The van der Waals surface area contributed by atoms with Gasteiger partial charge in [0, 0.05) is 18.5 Å². The van der Waals surface area contributed by atoms with E-state index in [1.54, 1.807) is 0 Å². The van der Waals surface area contributed by atoms with Crippen LogP contribution in [-0.2, 0) is 0 Å². The predicted molar refractivity (Wildman–Crippen MR) is 65.0 cm³/mol. The van der Waals surface area contributed by atoms with E-state index in [4.69, 9.17) is 0 Å². The number of benzene rings is 1. The molecule has 1 aromatic carbocycles. The van der Waals surface area contributed by atoms with Crippen LogP contribution < -0.4 is 5.32 Å². The average molecular weight is 203 g/mol. The molecule has 0 heterocycles. The third-order valence-corrected chi connectivity index (χ3v) is 2.91. The Labute approximate surface area is 92.9 Å². The number of hydrogen-bond acceptors (Lipinski definition) is 1. The summed E-state index contributed by atoms with van der Waals surface area (Å²) in [6, 6.07) is 11.5. The Bertz CT molecular complexity index is 310. The minimum absolute atomic E-state index is 0.393. The number of rotatable bonds is 3. The Hall–Kier alpha value is -0.820. The number of hydrogen-bond donors (Lipinski definition) is 1. The van der Waals surface area contributed by atoms with Crippen molar-refractivity contribution < 1.29 is 0 Å². The third-order valence-electron chi connectivity index (χ3n) is 2.91. The normalized spacial score (nSPS) is 25.3. The van der Waals surface area contributed by atoms with Crippen LogP contribution in [0.2, 0.25) is 0 Å². The van der Waals surface area contributed by atoms with Gasteiger partial charge in [-0.1, -0.05) is 51.1 Å². The Kier molecular flexibility index (Phi) is 2.83. The van der Waals surface area contributed by atoms with E-state index in [1.165, 1.54) is 12.0 Å². The summed E-state index contributed by atoms with van der Waals surface area (Å²) in [5, 5.41) is 3.65. The predicted octanol–water partition coefficient (Wildman–Crippen LogP) is 3.18. The first-order valence-corrected chi connectivity index (χ1v) is 5.84. The molecule has 1 N–H and O–H groups in total. The summed E-state index contributed by atoms with van der Waals surface area (Å²) in [4.78, 5) is 0. The van der Waals surface area contributed by atoms with Crippen LogP contribution in [0.15, 0.2) is 30.3 Å². The molecular formula is C14H21N. The van der Waals surface area contributed by atoms with Crippen LogP contribution >= 0.6 is 0 Å². The van der Waals surface area contributed by atoms with Gasteiger partial charge in [-0.25, -0.2) is 0 Å². The molecule has 1 aliphatic carbocycles. The van der Waals surface area contributed by atoms with Crippen molar-refractivity contribution in [1.82, 2.24) is 5.32 Å². The fraction of sp³-hybridized carbons (Fsp3) is 0.571. The lowest BCUT2D eigenvalue weighted by molar-refractivity contribution is 0.377. The molecule has 2 rings (SSSR count). The van der Waals surface area contributed by atoms with Crippen molar-refractivity contribution in [3.63, 3.8) is 0 Å². The van der Waals surface area contributed by atoms with Gasteiger partial charge in [-0.15, -0.1) is 0 Å². The summed E-state index contributed by atoms with van der Waals surface area (Å²) in [5.74, 6) is 0.758. The minimum Gasteiger partial charge on any atom is -0.313 e. The largest absolute Gasteiger partial charge is 0.313 e. The maximum Gasteiger partial charge on any atom is 0.0143 e. The molecule has 0 radical (unpaired) electrons. The van der Waals surface area contributed by atoms with Gasteiger partial charge in [-0.05, 0) is 17.4 Å². The van der Waals surface area contributed by atoms with E-state index in [9.17, 15) is 0 Å². The van der Waals surface area contributed by atoms with Crippen molar-refractivity contribution >= 4 is 0 Å². The summed E-state index contributed by atoms with van der Waals surface area (Å²) in [5.41, 5.74) is 1.88. The zero-order valence-corrected chi connectivity index (χ0v) is 9.96. The van der Waals surface area contributed by atoms with Gasteiger partial charge < -0.3 is 5.32 Å². The van der Waals surface area contributed by atoms with E-state index in [0.29, 0.717) is 11.5 Å². The molecule has 1 heteroatoms. The lowest BCUT2D eigenvalue weighted by atomic mass is 9.97. The van der Waals surface area contributed by atoms with Gasteiger partial charge >= 0.3 is 0 Å². The molecule has 0 bridgehead atoms. The Balaban J connectivity index is 1.82. The topological polar surface area (TPSA) is 12.0 Å². The van der Waals surface area contributed by atoms with Gasteiger partial charge in [0.05, 0.1) is 0 Å². The Morgan fingerprint density at radius 3 is 2.47 bits per heavy atom. The molecule has 1 nitrogen and oxygen atoms in total. The third kappa shape index (κ3) is 3.07. The van der Waals surface area contributed by atoms with Gasteiger partial charge in [0.2, 0.25) is 0 Å². The summed E-state index contributed by atoms with van der Waals surface area (Å²) < 4.78 is 0. The van der Waals surface area contributed by atoms with E-state index in [2.05, 4.69) is 56.4 Å². The van der Waals surface area contributed by atoms with Crippen molar-refractivity contribution in [3.8, 4) is 0 Å².